The minimum Gasteiger partial charge on any atom is -0.472 e. The van der Waals surface area contributed by atoms with E-state index in [1.54, 1.807) is 10.7 Å². The summed E-state index contributed by atoms with van der Waals surface area (Å²) in [6, 6.07) is 9.20. The highest BCUT2D eigenvalue weighted by Crippen LogP contribution is 2.28. The van der Waals surface area contributed by atoms with E-state index in [4.69, 9.17) is 4.42 Å². The second-order valence-electron chi connectivity index (χ2n) is 6.37. The molecular weight excluding hydrogens is 318 g/mol. The number of fused-ring (bicyclic) bond motifs is 1. The Morgan fingerprint density at radius 3 is 2.68 bits per heavy atom. The summed E-state index contributed by atoms with van der Waals surface area (Å²) in [6.07, 6.45) is 7.07. The van der Waals surface area contributed by atoms with Gasteiger partial charge in [0.1, 0.15) is 6.26 Å². The third-order valence-electron chi connectivity index (χ3n) is 4.78. The average molecular weight is 337 g/mol. The van der Waals surface area contributed by atoms with Crippen molar-refractivity contribution in [2.24, 2.45) is 0 Å². The van der Waals surface area contributed by atoms with Crippen LogP contribution in [0.1, 0.15) is 47.8 Å². The summed E-state index contributed by atoms with van der Waals surface area (Å²) in [7, 11) is 0. The van der Waals surface area contributed by atoms with Crippen LogP contribution in [0.2, 0.25) is 0 Å². The first kappa shape index (κ1) is 15.6. The van der Waals surface area contributed by atoms with Crippen molar-refractivity contribution in [2.45, 2.75) is 38.3 Å². The van der Waals surface area contributed by atoms with E-state index in [2.05, 4.69) is 10.4 Å². The van der Waals surface area contributed by atoms with Gasteiger partial charge < -0.3 is 9.73 Å². The van der Waals surface area contributed by atoms with Crippen molar-refractivity contribution in [1.29, 1.82) is 0 Å². The molecule has 1 fully saturated rings. The van der Waals surface area contributed by atoms with E-state index in [1.165, 1.54) is 12.5 Å². The number of nitrogens with zero attached hydrogens (tertiary/aromatic N) is 2. The Morgan fingerprint density at radius 2 is 1.96 bits per heavy atom. The summed E-state index contributed by atoms with van der Waals surface area (Å²) in [6.45, 7) is 0.261. The third-order valence-corrected chi connectivity index (χ3v) is 4.78. The van der Waals surface area contributed by atoms with Crippen LogP contribution in [0.3, 0.4) is 0 Å². The minimum absolute atomic E-state index is 0.0487. The molecule has 6 nitrogen and oxygen atoms in total. The maximum absolute atomic E-state index is 12.8. The predicted molar refractivity (Wildman–Crippen MR) is 93.4 cm³/mol. The number of amides is 1. The molecule has 25 heavy (non-hydrogen) atoms. The maximum atomic E-state index is 12.8. The van der Waals surface area contributed by atoms with Crippen LogP contribution < -0.4 is 10.9 Å². The van der Waals surface area contributed by atoms with Crippen molar-refractivity contribution in [3.05, 3.63) is 64.5 Å². The number of carbonyl (C=O) groups is 1. The van der Waals surface area contributed by atoms with Gasteiger partial charge in [-0.3, -0.25) is 9.59 Å². The maximum Gasteiger partial charge on any atom is 0.274 e. The largest absolute Gasteiger partial charge is 0.472 e. The van der Waals surface area contributed by atoms with Gasteiger partial charge in [-0.25, -0.2) is 4.68 Å². The van der Waals surface area contributed by atoms with Gasteiger partial charge in [0.05, 0.1) is 35.5 Å². The van der Waals surface area contributed by atoms with Gasteiger partial charge in [0, 0.05) is 5.39 Å². The molecule has 0 aliphatic heterocycles. The van der Waals surface area contributed by atoms with Crippen molar-refractivity contribution in [3.63, 3.8) is 0 Å². The van der Waals surface area contributed by atoms with E-state index in [-0.39, 0.29) is 24.1 Å². The van der Waals surface area contributed by atoms with E-state index >= 15 is 0 Å². The zero-order chi connectivity index (χ0) is 17.2. The van der Waals surface area contributed by atoms with Crippen molar-refractivity contribution in [3.8, 4) is 0 Å². The Labute approximate surface area is 144 Å². The molecule has 0 bridgehead atoms. The van der Waals surface area contributed by atoms with Crippen LogP contribution in [0.25, 0.3) is 10.8 Å². The van der Waals surface area contributed by atoms with Crippen molar-refractivity contribution < 1.29 is 9.21 Å². The molecule has 128 valence electrons. The summed E-state index contributed by atoms with van der Waals surface area (Å²) in [5.74, 6) is -0.224. The highest BCUT2D eigenvalue weighted by Gasteiger charge is 2.21. The van der Waals surface area contributed by atoms with E-state index in [0.717, 1.165) is 31.1 Å². The quantitative estimate of drug-likeness (QED) is 0.794. The van der Waals surface area contributed by atoms with E-state index in [9.17, 15) is 9.59 Å². The highest BCUT2D eigenvalue weighted by atomic mass is 16.3. The number of furan rings is 1. The first-order chi connectivity index (χ1) is 12.2. The SMILES string of the molecule is O=C(NCc1nn(C2CCCC2)c(=O)c2ccccc12)c1ccoc1. The molecule has 2 aromatic heterocycles. The number of aromatic nitrogens is 2. The second-order valence-corrected chi connectivity index (χ2v) is 6.37. The Bertz CT molecular complexity index is 954. The standard InChI is InChI=1S/C19H19N3O3/c23-18(13-9-10-25-12-13)20-11-17-15-7-3-4-8-16(15)19(24)22(21-17)14-5-1-2-6-14/h3-4,7-10,12,14H,1-2,5-6,11H2,(H,20,23). The molecule has 4 rings (SSSR count). The first-order valence-electron chi connectivity index (χ1n) is 8.55. The predicted octanol–water partition coefficient (Wildman–Crippen LogP) is 3.03. The van der Waals surface area contributed by atoms with Gasteiger partial charge in [0.15, 0.2) is 0 Å². The lowest BCUT2D eigenvalue weighted by Crippen LogP contribution is -2.30. The molecule has 1 saturated carbocycles. The van der Waals surface area contributed by atoms with Gasteiger partial charge in [-0.1, -0.05) is 31.0 Å². The van der Waals surface area contributed by atoms with Gasteiger partial charge >= 0.3 is 0 Å². The average Bonchev–Trinajstić information content (AvgIpc) is 3.35. The Kier molecular flexibility index (Phi) is 4.09. The van der Waals surface area contributed by atoms with Crippen molar-refractivity contribution >= 4 is 16.7 Å². The van der Waals surface area contributed by atoms with Crippen LogP contribution in [0, 0.1) is 0 Å². The normalized spacial score (nSPS) is 14.9. The van der Waals surface area contributed by atoms with Crippen LogP contribution >= 0.6 is 0 Å². The summed E-state index contributed by atoms with van der Waals surface area (Å²) >= 11 is 0. The highest BCUT2D eigenvalue weighted by molar-refractivity contribution is 5.94. The molecule has 2 heterocycles. The van der Waals surface area contributed by atoms with Gasteiger partial charge in [-0.05, 0) is 25.0 Å². The van der Waals surface area contributed by atoms with Crippen LogP contribution in [0.4, 0.5) is 0 Å². The minimum atomic E-state index is -0.224. The number of hydrogen-bond acceptors (Lipinski definition) is 4. The van der Waals surface area contributed by atoms with Gasteiger partial charge in [0.25, 0.3) is 11.5 Å². The van der Waals surface area contributed by atoms with E-state index < -0.39 is 0 Å². The number of carbonyl (C=O) groups excluding carboxylic acids is 1. The molecule has 6 heteroatoms. The van der Waals surface area contributed by atoms with Crippen molar-refractivity contribution in [2.75, 3.05) is 0 Å². The fourth-order valence-corrected chi connectivity index (χ4v) is 3.46. The molecular formula is C19H19N3O3. The second kappa shape index (κ2) is 6.55. The lowest BCUT2D eigenvalue weighted by atomic mass is 10.1. The topological polar surface area (TPSA) is 77.1 Å². The molecule has 0 saturated heterocycles. The zero-order valence-electron chi connectivity index (χ0n) is 13.8. The summed E-state index contributed by atoms with van der Waals surface area (Å²) in [5.41, 5.74) is 1.12. The molecule has 1 amide bonds. The molecule has 0 unspecified atom stereocenters. The van der Waals surface area contributed by atoms with Gasteiger partial charge in [-0.2, -0.15) is 5.10 Å². The molecule has 0 radical (unpaired) electrons. The van der Waals surface area contributed by atoms with Gasteiger partial charge in [0.2, 0.25) is 0 Å². The Morgan fingerprint density at radius 1 is 1.20 bits per heavy atom. The molecule has 0 atom stereocenters. The number of benzene rings is 1. The van der Waals surface area contributed by atoms with E-state index in [1.807, 2.05) is 24.3 Å². The van der Waals surface area contributed by atoms with Crippen molar-refractivity contribution in [1.82, 2.24) is 15.1 Å². The van der Waals surface area contributed by atoms with Crippen LogP contribution in [-0.4, -0.2) is 15.7 Å². The van der Waals surface area contributed by atoms with E-state index in [0.29, 0.717) is 16.6 Å². The summed E-state index contributed by atoms with van der Waals surface area (Å²) < 4.78 is 6.56. The van der Waals surface area contributed by atoms with Crippen LogP contribution in [-0.2, 0) is 6.54 Å². The number of nitrogens with one attached hydrogen (secondary N) is 1. The number of rotatable bonds is 4. The van der Waals surface area contributed by atoms with Gasteiger partial charge in [-0.15, -0.1) is 0 Å². The Hall–Kier alpha value is -2.89. The fourth-order valence-electron chi connectivity index (χ4n) is 3.46. The first-order valence-corrected chi connectivity index (χ1v) is 8.55. The fraction of sp³-hybridized carbons (Fsp3) is 0.316. The molecule has 0 spiro atoms. The van der Waals surface area contributed by atoms with Crippen LogP contribution in [0.15, 0.2) is 52.1 Å². The lowest BCUT2D eigenvalue weighted by molar-refractivity contribution is 0.0949. The third kappa shape index (κ3) is 2.95. The smallest absolute Gasteiger partial charge is 0.274 e. The molecule has 1 aromatic carbocycles. The molecule has 1 N–H and O–H groups in total. The Balaban J connectivity index is 1.70. The molecule has 1 aliphatic carbocycles. The summed E-state index contributed by atoms with van der Waals surface area (Å²) in [5, 5.41) is 8.89. The number of hydrogen-bond donors (Lipinski definition) is 1. The van der Waals surface area contributed by atoms with Crippen LogP contribution in [0.5, 0.6) is 0 Å². The zero-order valence-corrected chi connectivity index (χ0v) is 13.8. The molecule has 3 aromatic rings. The summed E-state index contributed by atoms with van der Waals surface area (Å²) in [4.78, 5) is 24.9. The lowest BCUT2D eigenvalue weighted by Gasteiger charge is -2.16. The monoisotopic (exact) mass is 337 g/mol. The molecule has 1 aliphatic rings.